The molecule has 0 fully saturated rings. The molecule has 0 saturated heterocycles. The Bertz CT molecular complexity index is 1020. The van der Waals surface area contributed by atoms with Crippen molar-refractivity contribution in [2.75, 3.05) is 7.11 Å². The summed E-state index contributed by atoms with van der Waals surface area (Å²) in [7, 11) is 1.21. The van der Waals surface area contributed by atoms with Gasteiger partial charge in [-0.05, 0) is 18.6 Å². The SMILES string of the molecule is COc1c(O)cc2oc(-c3ccc(C)c(O)c3)c(O)c(=O)c2c1O. The summed E-state index contributed by atoms with van der Waals surface area (Å²) < 4.78 is 10.3. The van der Waals surface area contributed by atoms with E-state index < -0.39 is 22.7 Å². The molecule has 0 radical (unpaired) electrons. The maximum absolute atomic E-state index is 12.4. The molecule has 0 aliphatic heterocycles. The molecule has 7 heteroatoms. The van der Waals surface area contributed by atoms with E-state index in [2.05, 4.69) is 0 Å². The van der Waals surface area contributed by atoms with Crippen LogP contribution < -0.4 is 10.2 Å². The van der Waals surface area contributed by atoms with E-state index in [-0.39, 0.29) is 33.8 Å². The molecular weight excluding hydrogens is 316 g/mol. The van der Waals surface area contributed by atoms with E-state index in [0.29, 0.717) is 5.56 Å². The molecule has 124 valence electrons. The zero-order valence-electron chi connectivity index (χ0n) is 12.8. The highest BCUT2D eigenvalue weighted by atomic mass is 16.5. The first-order valence-electron chi connectivity index (χ1n) is 6.93. The Hall–Kier alpha value is -3.35. The highest BCUT2D eigenvalue weighted by Gasteiger charge is 2.22. The number of benzene rings is 2. The van der Waals surface area contributed by atoms with Crippen LogP contribution in [0.1, 0.15) is 5.56 Å². The van der Waals surface area contributed by atoms with Crippen LogP contribution >= 0.6 is 0 Å². The monoisotopic (exact) mass is 330 g/mol. The third kappa shape index (κ3) is 2.18. The van der Waals surface area contributed by atoms with Gasteiger partial charge in [0.05, 0.1) is 7.11 Å². The molecule has 0 aliphatic carbocycles. The Morgan fingerprint density at radius 3 is 2.33 bits per heavy atom. The fourth-order valence-electron chi connectivity index (χ4n) is 2.44. The van der Waals surface area contributed by atoms with Gasteiger partial charge in [0.1, 0.15) is 16.7 Å². The van der Waals surface area contributed by atoms with Gasteiger partial charge in [0, 0.05) is 11.6 Å². The number of aromatic hydroxyl groups is 4. The Morgan fingerprint density at radius 1 is 1.00 bits per heavy atom. The van der Waals surface area contributed by atoms with Gasteiger partial charge in [0.15, 0.2) is 17.3 Å². The van der Waals surface area contributed by atoms with Crippen molar-refractivity contribution in [3.8, 4) is 40.1 Å². The van der Waals surface area contributed by atoms with Crippen LogP contribution in [0.15, 0.2) is 33.5 Å². The van der Waals surface area contributed by atoms with Crippen molar-refractivity contribution >= 4 is 11.0 Å². The molecule has 3 rings (SSSR count). The molecule has 7 nitrogen and oxygen atoms in total. The summed E-state index contributed by atoms with van der Waals surface area (Å²) in [5.41, 5.74) is -0.142. The number of ether oxygens (including phenoxy) is 1. The summed E-state index contributed by atoms with van der Waals surface area (Å²) in [6, 6.07) is 5.59. The average Bonchev–Trinajstić information content (AvgIpc) is 2.53. The predicted molar refractivity (Wildman–Crippen MR) is 85.9 cm³/mol. The topological polar surface area (TPSA) is 120 Å². The van der Waals surface area contributed by atoms with Gasteiger partial charge in [-0.15, -0.1) is 0 Å². The Morgan fingerprint density at radius 2 is 1.71 bits per heavy atom. The fourth-order valence-corrected chi connectivity index (χ4v) is 2.44. The summed E-state index contributed by atoms with van der Waals surface area (Å²) in [6.07, 6.45) is 0. The van der Waals surface area contributed by atoms with Gasteiger partial charge < -0.3 is 29.6 Å². The molecule has 24 heavy (non-hydrogen) atoms. The van der Waals surface area contributed by atoms with E-state index >= 15 is 0 Å². The molecule has 0 atom stereocenters. The number of phenolic OH excluding ortho intramolecular Hbond substituents is 3. The molecule has 0 bridgehead atoms. The van der Waals surface area contributed by atoms with Crippen LogP contribution in [0.2, 0.25) is 0 Å². The minimum absolute atomic E-state index is 0.0323. The molecule has 0 aliphatic rings. The van der Waals surface area contributed by atoms with Gasteiger partial charge in [-0.2, -0.15) is 0 Å². The van der Waals surface area contributed by atoms with E-state index in [0.717, 1.165) is 6.07 Å². The maximum Gasteiger partial charge on any atom is 0.238 e. The van der Waals surface area contributed by atoms with Gasteiger partial charge in [0.2, 0.25) is 16.9 Å². The van der Waals surface area contributed by atoms with Crippen molar-refractivity contribution < 1.29 is 29.6 Å². The first kappa shape index (κ1) is 15.5. The lowest BCUT2D eigenvalue weighted by Crippen LogP contribution is -2.04. The number of hydrogen-bond donors (Lipinski definition) is 4. The van der Waals surface area contributed by atoms with Crippen molar-refractivity contribution in [2.45, 2.75) is 6.92 Å². The maximum atomic E-state index is 12.4. The van der Waals surface area contributed by atoms with Crippen LogP contribution in [0.4, 0.5) is 0 Å². The van der Waals surface area contributed by atoms with E-state index in [4.69, 9.17) is 9.15 Å². The second-order valence-electron chi connectivity index (χ2n) is 5.26. The number of methoxy groups -OCH3 is 1. The minimum atomic E-state index is -0.887. The van der Waals surface area contributed by atoms with Crippen molar-refractivity contribution in [2.24, 2.45) is 0 Å². The highest BCUT2D eigenvalue weighted by molar-refractivity contribution is 5.91. The molecular formula is C17H14O7. The van der Waals surface area contributed by atoms with Crippen molar-refractivity contribution in [1.29, 1.82) is 0 Å². The van der Waals surface area contributed by atoms with Crippen molar-refractivity contribution in [3.05, 3.63) is 40.1 Å². The minimum Gasteiger partial charge on any atom is -0.508 e. The third-order valence-corrected chi connectivity index (χ3v) is 3.74. The van der Waals surface area contributed by atoms with Crippen molar-refractivity contribution in [1.82, 2.24) is 0 Å². The normalized spacial score (nSPS) is 10.9. The number of hydrogen-bond acceptors (Lipinski definition) is 7. The molecule has 2 aromatic carbocycles. The Labute approximate surface area is 135 Å². The van der Waals surface area contributed by atoms with Crippen LogP contribution in [0.3, 0.4) is 0 Å². The summed E-state index contributed by atoms with van der Waals surface area (Å²) in [6.45, 7) is 1.69. The van der Waals surface area contributed by atoms with Crippen LogP contribution in [0, 0.1) is 6.92 Å². The zero-order valence-corrected chi connectivity index (χ0v) is 12.8. The Kier molecular flexibility index (Phi) is 3.48. The first-order chi connectivity index (χ1) is 11.3. The number of aryl methyl sites for hydroxylation is 1. The molecule has 3 aromatic rings. The summed E-state index contributed by atoms with van der Waals surface area (Å²) >= 11 is 0. The van der Waals surface area contributed by atoms with Gasteiger partial charge in [0.25, 0.3) is 0 Å². The number of rotatable bonds is 2. The molecule has 0 spiro atoms. The standard InChI is InChI=1S/C17H14O7/c1-7-3-4-8(5-9(7)18)16-15(22)13(20)12-11(24-16)6-10(19)17(23-2)14(12)21/h3-6,18-19,21-22H,1-2H3. The summed E-state index contributed by atoms with van der Waals surface area (Å²) in [4.78, 5) is 12.4. The van der Waals surface area contributed by atoms with Gasteiger partial charge in [-0.1, -0.05) is 12.1 Å². The second-order valence-corrected chi connectivity index (χ2v) is 5.26. The fraction of sp³-hybridized carbons (Fsp3) is 0.118. The van der Waals surface area contributed by atoms with Gasteiger partial charge in [-0.25, -0.2) is 0 Å². The van der Waals surface area contributed by atoms with Crippen LogP contribution in [0.25, 0.3) is 22.3 Å². The lowest BCUT2D eigenvalue weighted by molar-refractivity contribution is 0.346. The highest BCUT2D eigenvalue weighted by Crippen LogP contribution is 2.43. The Balaban J connectivity index is 2.38. The smallest absolute Gasteiger partial charge is 0.238 e. The lowest BCUT2D eigenvalue weighted by atomic mass is 10.1. The quantitative estimate of drug-likeness (QED) is 0.570. The zero-order chi connectivity index (χ0) is 17.6. The van der Waals surface area contributed by atoms with Gasteiger partial charge >= 0.3 is 0 Å². The molecule has 1 heterocycles. The van der Waals surface area contributed by atoms with E-state index in [1.165, 1.54) is 13.2 Å². The largest absolute Gasteiger partial charge is 0.508 e. The van der Waals surface area contributed by atoms with E-state index in [9.17, 15) is 25.2 Å². The molecule has 0 unspecified atom stereocenters. The summed E-state index contributed by atoms with van der Waals surface area (Å²) in [5, 5.41) is 39.6. The molecule has 0 saturated carbocycles. The number of phenols is 3. The van der Waals surface area contributed by atoms with Crippen LogP contribution in [-0.2, 0) is 0 Å². The second kappa shape index (κ2) is 5.38. The average molecular weight is 330 g/mol. The van der Waals surface area contributed by atoms with Crippen LogP contribution in [-0.4, -0.2) is 27.5 Å². The van der Waals surface area contributed by atoms with Gasteiger partial charge in [-0.3, -0.25) is 4.79 Å². The predicted octanol–water partition coefficient (Wildman–Crippen LogP) is 2.60. The van der Waals surface area contributed by atoms with Crippen LogP contribution in [0.5, 0.6) is 28.7 Å². The van der Waals surface area contributed by atoms with E-state index in [1.54, 1.807) is 19.1 Å². The molecule has 4 N–H and O–H groups in total. The molecule has 1 aromatic heterocycles. The van der Waals surface area contributed by atoms with E-state index in [1.807, 2.05) is 0 Å². The first-order valence-corrected chi connectivity index (χ1v) is 6.93. The number of fused-ring (bicyclic) bond motifs is 1. The third-order valence-electron chi connectivity index (χ3n) is 3.74. The van der Waals surface area contributed by atoms with Crippen molar-refractivity contribution in [3.63, 3.8) is 0 Å². The molecule has 0 amide bonds. The summed E-state index contributed by atoms with van der Waals surface area (Å²) in [5.74, 6) is -2.30. The lowest BCUT2D eigenvalue weighted by Gasteiger charge is -2.11.